The van der Waals surface area contributed by atoms with E-state index in [0.29, 0.717) is 17.7 Å². The van der Waals surface area contributed by atoms with E-state index in [0.717, 1.165) is 16.4 Å². The summed E-state index contributed by atoms with van der Waals surface area (Å²) in [5.74, 6) is -1.19. The summed E-state index contributed by atoms with van der Waals surface area (Å²) in [7, 11) is -2.76. The molecule has 0 radical (unpaired) electrons. The van der Waals surface area contributed by atoms with Gasteiger partial charge in [-0.05, 0) is 68.3 Å². The maximum atomic E-state index is 14.0. The van der Waals surface area contributed by atoms with Crippen molar-refractivity contribution >= 4 is 39.1 Å². The van der Waals surface area contributed by atoms with Crippen LogP contribution in [-0.4, -0.2) is 50.9 Å². The molecule has 0 aliphatic heterocycles. The Bertz CT molecular complexity index is 1440. The third-order valence-electron chi connectivity index (χ3n) is 6.46. The number of benzene rings is 3. The first-order chi connectivity index (χ1) is 19.0. The number of halogens is 2. The van der Waals surface area contributed by atoms with Crippen LogP contribution in [0.25, 0.3) is 0 Å². The smallest absolute Gasteiger partial charge is 0.264 e. The molecular formula is C29H33ClFN3O5S. The quantitative estimate of drug-likeness (QED) is 0.320. The first-order valence-electron chi connectivity index (χ1n) is 12.7. The van der Waals surface area contributed by atoms with Crippen molar-refractivity contribution in [3.05, 3.63) is 89.2 Å². The van der Waals surface area contributed by atoms with Crippen LogP contribution < -0.4 is 14.4 Å². The zero-order valence-corrected chi connectivity index (χ0v) is 24.4. The fraction of sp³-hybridized carbons (Fsp3) is 0.310. The van der Waals surface area contributed by atoms with Gasteiger partial charge in [0.1, 0.15) is 24.2 Å². The molecule has 0 saturated heterocycles. The molecule has 0 aliphatic rings. The summed E-state index contributed by atoms with van der Waals surface area (Å²) in [5, 5.41) is 2.58. The molecule has 0 unspecified atom stereocenters. The maximum absolute atomic E-state index is 14.0. The lowest BCUT2D eigenvalue weighted by atomic mass is 10.1. The van der Waals surface area contributed by atoms with E-state index in [4.69, 9.17) is 16.3 Å². The van der Waals surface area contributed by atoms with Gasteiger partial charge in [-0.25, -0.2) is 12.8 Å². The van der Waals surface area contributed by atoms with E-state index >= 15 is 0 Å². The molecule has 0 bridgehead atoms. The fourth-order valence-electron chi connectivity index (χ4n) is 3.90. The van der Waals surface area contributed by atoms with Crippen LogP contribution in [0.2, 0.25) is 5.02 Å². The Morgan fingerprint density at radius 3 is 2.35 bits per heavy atom. The lowest BCUT2D eigenvalue weighted by molar-refractivity contribution is -0.139. The highest BCUT2D eigenvalue weighted by Crippen LogP contribution is 2.28. The zero-order valence-electron chi connectivity index (χ0n) is 22.8. The van der Waals surface area contributed by atoms with Gasteiger partial charge in [-0.1, -0.05) is 48.9 Å². The highest BCUT2D eigenvalue weighted by Gasteiger charge is 2.33. The summed E-state index contributed by atoms with van der Waals surface area (Å²) >= 11 is 5.99. The summed E-state index contributed by atoms with van der Waals surface area (Å²) in [6.45, 7) is 4.71. The Kier molecular flexibility index (Phi) is 10.5. The first kappa shape index (κ1) is 30.9. The van der Waals surface area contributed by atoms with E-state index in [1.54, 1.807) is 49.4 Å². The molecule has 1 N–H and O–H groups in total. The predicted octanol–water partition coefficient (Wildman–Crippen LogP) is 5.02. The molecule has 11 heteroatoms. The van der Waals surface area contributed by atoms with Crippen molar-refractivity contribution in [2.24, 2.45) is 0 Å². The molecule has 2 amide bonds. The Morgan fingerprint density at radius 1 is 1.02 bits per heavy atom. The van der Waals surface area contributed by atoms with Crippen molar-refractivity contribution in [2.45, 2.75) is 50.7 Å². The number of ether oxygens (including phenoxy) is 1. The standard InChI is InChI=1S/C29H33ClFN3O5S/c1-5-20(2)32-29(36)21(3)33(18-22-10-9-11-24(16-22)39-4)28(35)19-34(23-14-15-27(31)26(30)17-23)40(37,38)25-12-7-6-8-13-25/h6-17,20-21H,5,18-19H2,1-4H3,(H,32,36)/t20-,21-/m0/s1. The normalized spacial score (nSPS) is 12.8. The number of sulfonamides is 1. The molecule has 0 heterocycles. The van der Waals surface area contributed by atoms with E-state index in [2.05, 4.69) is 5.32 Å². The molecule has 0 spiro atoms. The molecule has 0 fully saturated rings. The average molecular weight is 590 g/mol. The number of hydrogen-bond acceptors (Lipinski definition) is 5. The first-order valence-corrected chi connectivity index (χ1v) is 14.5. The van der Waals surface area contributed by atoms with Crippen LogP contribution in [0.3, 0.4) is 0 Å². The molecule has 2 atom stereocenters. The van der Waals surface area contributed by atoms with Crippen LogP contribution in [0.5, 0.6) is 5.75 Å². The van der Waals surface area contributed by atoms with Gasteiger partial charge in [0.25, 0.3) is 10.0 Å². The minimum Gasteiger partial charge on any atom is -0.497 e. The van der Waals surface area contributed by atoms with Crippen LogP contribution in [-0.2, 0) is 26.2 Å². The topological polar surface area (TPSA) is 96.0 Å². The highest BCUT2D eigenvalue weighted by molar-refractivity contribution is 7.92. The Balaban J connectivity index is 2.05. The largest absolute Gasteiger partial charge is 0.497 e. The summed E-state index contributed by atoms with van der Waals surface area (Å²) in [6, 6.07) is 16.9. The van der Waals surface area contributed by atoms with E-state index in [1.807, 2.05) is 13.8 Å². The molecule has 40 heavy (non-hydrogen) atoms. The van der Waals surface area contributed by atoms with Crippen molar-refractivity contribution in [2.75, 3.05) is 18.0 Å². The molecule has 0 saturated carbocycles. The van der Waals surface area contributed by atoms with Crippen LogP contribution in [0, 0.1) is 5.82 Å². The number of amides is 2. The van der Waals surface area contributed by atoms with E-state index in [-0.39, 0.29) is 34.1 Å². The fourth-order valence-corrected chi connectivity index (χ4v) is 5.51. The molecule has 3 aromatic rings. The minimum atomic E-state index is -4.28. The number of nitrogens with zero attached hydrogens (tertiary/aromatic N) is 2. The van der Waals surface area contributed by atoms with Gasteiger partial charge in [0.2, 0.25) is 11.8 Å². The maximum Gasteiger partial charge on any atom is 0.264 e. The number of methoxy groups -OCH3 is 1. The lowest BCUT2D eigenvalue weighted by Gasteiger charge is -2.32. The van der Waals surface area contributed by atoms with Gasteiger partial charge in [0.05, 0.1) is 22.7 Å². The molecular weight excluding hydrogens is 557 g/mol. The molecule has 3 aromatic carbocycles. The Morgan fingerprint density at radius 2 is 1.73 bits per heavy atom. The Hall–Kier alpha value is -3.63. The number of carbonyl (C=O) groups excluding carboxylic acids is 2. The van der Waals surface area contributed by atoms with Gasteiger partial charge in [0.15, 0.2) is 0 Å². The van der Waals surface area contributed by atoms with Gasteiger partial charge >= 0.3 is 0 Å². The summed E-state index contributed by atoms with van der Waals surface area (Å²) < 4.78 is 47.6. The third-order valence-corrected chi connectivity index (χ3v) is 8.53. The van der Waals surface area contributed by atoms with Gasteiger partial charge < -0.3 is 15.0 Å². The molecule has 3 rings (SSSR count). The van der Waals surface area contributed by atoms with Gasteiger partial charge in [-0.3, -0.25) is 13.9 Å². The van der Waals surface area contributed by atoms with Crippen LogP contribution in [0.1, 0.15) is 32.8 Å². The van der Waals surface area contributed by atoms with Crippen molar-refractivity contribution in [1.82, 2.24) is 10.2 Å². The predicted molar refractivity (Wildman–Crippen MR) is 153 cm³/mol. The summed E-state index contributed by atoms with van der Waals surface area (Å²) in [4.78, 5) is 28.3. The van der Waals surface area contributed by atoms with Crippen molar-refractivity contribution in [3.8, 4) is 5.75 Å². The van der Waals surface area contributed by atoms with Crippen LogP contribution in [0.15, 0.2) is 77.7 Å². The highest BCUT2D eigenvalue weighted by atomic mass is 35.5. The van der Waals surface area contributed by atoms with Crippen molar-refractivity contribution in [3.63, 3.8) is 0 Å². The van der Waals surface area contributed by atoms with E-state index in [9.17, 15) is 22.4 Å². The van der Waals surface area contributed by atoms with Crippen molar-refractivity contribution in [1.29, 1.82) is 0 Å². The zero-order chi connectivity index (χ0) is 29.4. The van der Waals surface area contributed by atoms with Crippen LogP contribution in [0.4, 0.5) is 10.1 Å². The minimum absolute atomic E-state index is 0.00152. The second-order valence-electron chi connectivity index (χ2n) is 9.29. The average Bonchev–Trinajstić information content (AvgIpc) is 2.96. The van der Waals surface area contributed by atoms with Gasteiger partial charge in [-0.2, -0.15) is 0 Å². The molecule has 0 aromatic heterocycles. The van der Waals surface area contributed by atoms with Gasteiger partial charge in [0, 0.05) is 12.6 Å². The number of rotatable bonds is 12. The summed E-state index contributed by atoms with van der Waals surface area (Å²) in [5.41, 5.74) is 0.680. The van der Waals surface area contributed by atoms with Crippen molar-refractivity contribution < 1.29 is 27.1 Å². The molecule has 0 aliphatic carbocycles. The number of nitrogens with one attached hydrogen (secondary N) is 1. The second-order valence-corrected chi connectivity index (χ2v) is 11.6. The summed E-state index contributed by atoms with van der Waals surface area (Å²) in [6.07, 6.45) is 0.691. The number of anilines is 1. The molecule has 214 valence electrons. The number of hydrogen-bond donors (Lipinski definition) is 1. The van der Waals surface area contributed by atoms with E-state index in [1.165, 1.54) is 30.2 Å². The van der Waals surface area contributed by atoms with Gasteiger partial charge in [-0.15, -0.1) is 0 Å². The lowest BCUT2D eigenvalue weighted by Crippen LogP contribution is -2.52. The Labute approximate surface area is 239 Å². The third kappa shape index (κ3) is 7.51. The molecule has 8 nitrogen and oxygen atoms in total. The van der Waals surface area contributed by atoms with Crippen LogP contribution >= 0.6 is 11.6 Å². The monoisotopic (exact) mass is 589 g/mol. The SMILES string of the molecule is CC[C@H](C)NC(=O)[C@H](C)N(Cc1cccc(OC)c1)C(=O)CN(c1ccc(F)c(Cl)c1)S(=O)(=O)c1ccccc1. The number of carbonyl (C=O) groups is 2. The second kappa shape index (κ2) is 13.6. The van der Waals surface area contributed by atoms with E-state index < -0.39 is 34.3 Å².